The van der Waals surface area contributed by atoms with Crippen LogP contribution in [0.25, 0.3) is 0 Å². The fraction of sp³-hybridized carbons (Fsp3) is 0.615. The lowest BCUT2D eigenvalue weighted by Crippen LogP contribution is -2.37. The van der Waals surface area contributed by atoms with Crippen molar-refractivity contribution in [3.05, 3.63) is 30.5 Å². The molecule has 0 radical (unpaired) electrons. The van der Waals surface area contributed by atoms with Crippen LogP contribution in [0.1, 0.15) is 44.9 Å². The van der Waals surface area contributed by atoms with Gasteiger partial charge in [0.1, 0.15) is 12.0 Å². The quantitative estimate of drug-likeness (QED) is 0.414. The lowest BCUT2D eigenvalue weighted by Gasteiger charge is -2.22. The largest absolute Gasteiger partial charge is 0.493 e. The second-order valence-electron chi connectivity index (χ2n) is 9.61. The average molecular weight is 483 g/mol. The van der Waals surface area contributed by atoms with Crippen molar-refractivity contribution in [3.8, 4) is 11.5 Å². The summed E-state index contributed by atoms with van der Waals surface area (Å²) in [6, 6.07) is 8.15. The van der Waals surface area contributed by atoms with Crippen molar-refractivity contribution in [1.82, 2.24) is 20.2 Å². The number of nitrogens with one attached hydrogen (secondary N) is 3. The Balaban J connectivity index is 1.13. The van der Waals surface area contributed by atoms with E-state index in [1.165, 1.54) is 45.2 Å². The first kappa shape index (κ1) is 24.1. The number of methoxy groups -OCH3 is 1. The minimum Gasteiger partial charge on any atom is -0.493 e. The van der Waals surface area contributed by atoms with Crippen LogP contribution in [0.5, 0.6) is 11.5 Å². The molecule has 0 bridgehead atoms. The second kappa shape index (κ2) is 11.9. The maximum Gasteiger partial charge on any atom is 0.229 e. The molecule has 1 aromatic carbocycles. The molecule has 3 unspecified atom stereocenters. The number of aromatic nitrogens is 2. The van der Waals surface area contributed by atoms with Gasteiger partial charge < -0.3 is 29.7 Å². The third-order valence-corrected chi connectivity index (χ3v) is 7.06. The van der Waals surface area contributed by atoms with Gasteiger partial charge in [-0.15, -0.1) is 0 Å². The number of hydrogen-bond acceptors (Lipinski definition) is 9. The molecular formula is C26H38N6O3. The van der Waals surface area contributed by atoms with E-state index >= 15 is 0 Å². The summed E-state index contributed by atoms with van der Waals surface area (Å²) in [4.78, 5) is 11.5. The van der Waals surface area contributed by atoms with Crippen LogP contribution in [0.2, 0.25) is 0 Å². The van der Waals surface area contributed by atoms with Crippen molar-refractivity contribution in [3.63, 3.8) is 0 Å². The SMILES string of the molecule is COc1ccc(Nc2nccc(NCC3NC4CCCCC4O3)n2)cc1OCCCN1CCCC1. The van der Waals surface area contributed by atoms with Gasteiger partial charge in [0.25, 0.3) is 0 Å². The van der Waals surface area contributed by atoms with Gasteiger partial charge in [0.15, 0.2) is 11.5 Å². The Kier molecular flexibility index (Phi) is 8.18. The first-order valence-electron chi connectivity index (χ1n) is 13.1. The maximum absolute atomic E-state index is 6.16. The summed E-state index contributed by atoms with van der Waals surface area (Å²) in [5.41, 5.74) is 0.849. The molecule has 9 heteroatoms. The third-order valence-electron chi connectivity index (χ3n) is 7.06. The zero-order valence-electron chi connectivity index (χ0n) is 20.7. The molecule has 0 amide bonds. The summed E-state index contributed by atoms with van der Waals surface area (Å²) in [7, 11) is 1.66. The van der Waals surface area contributed by atoms with Crippen LogP contribution in [-0.2, 0) is 4.74 Å². The third kappa shape index (κ3) is 6.54. The number of benzene rings is 1. The molecule has 35 heavy (non-hydrogen) atoms. The normalized spacial score (nSPS) is 24.2. The van der Waals surface area contributed by atoms with E-state index in [0.29, 0.717) is 31.2 Å². The highest BCUT2D eigenvalue weighted by atomic mass is 16.5. The molecule has 1 saturated carbocycles. The fourth-order valence-electron chi connectivity index (χ4n) is 5.23. The molecule has 3 N–H and O–H groups in total. The predicted molar refractivity (Wildman–Crippen MR) is 137 cm³/mol. The molecule has 1 aromatic heterocycles. The zero-order chi connectivity index (χ0) is 23.9. The van der Waals surface area contributed by atoms with E-state index in [9.17, 15) is 0 Å². The molecule has 3 aliphatic rings. The second-order valence-corrected chi connectivity index (χ2v) is 9.61. The standard InChI is InChI=1S/C26H38N6O3/c1-33-22-10-9-19(17-23(22)34-16-6-15-32-13-4-5-14-32)29-26-27-12-11-24(31-26)28-18-25-30-20-7-2-3-8-21(20)35-25/h9-12,17,20-21,25,30H,2-8,13-16,18H2,1H3,(H2,27,28,29,31). The van der Waals surface area contributed by atoms with Crippen molar-refractivity contribution in [2.24, 2.45) is 0 Å². The lowest BCUT2D eigenvalue weighted by molar-refractivity contribution is 0.0321. The van der Waals surface area contributed by atoms with Crippen LogP contribution in [0.4, 0.5) is 17.5 Å². The molecule has 2 aromatic rings. The van der Waals surface area contributed by atoms with Gasteiger partial charge in [-0.3, -0.25) is 5.32 Å². The van der Waals surface area contributed by atoms with E-state index in [1.54, 1.807) is 13.3 Å². The molecule has 0 spiro atoms. The van der Waals surface area contributed by atoms with Crippen molar-refractivity contribution in [2.75, 3.05) is 50.5 Å². The average Bonchev–Trinajstić information content (AvgIpc) is 3.55. The van der Waals surface area contributed by atoms with Crippen LogP contribution >= 0.6 is 0 Å². The molecule has 1 aliphatic carbocycles. The number of rotatable bonds is 11. The summed E-state index contributed by atoms with van der Waals surface area (Å²) >= 11 is 0. The monoisotopic (exact) mass is 482 g/mol. The van der Waals surface area contributed by atoms with Gasteiger partial charge in [0, 0.05) is 30.5 Å². The van der Waals surface area contributed by atoms with Crippen LogP contribution < -0.4 is 25.4 Å². The van der Waals surface area contributed by atoms with E-state index in [2.05, 4.69) is 30.8 Å². The van der Waals surface area contributed by atoms with Crippen LogP contribution in [-0.4, -0.2) is 73.1 Å². The Morgan fingerprint density at radius 3 is 2.86 bits per heavy atom. The highest BCUT2D eigenvalue weighted by Crippen LogP contribution is 2.31. The van der Waals surface area contributed by atoms with Gasteiger partial charge in [-0.05, 0) is 63.4 Å². The summed E-state index contributed by atoms with van der Waals surface area (Å²) < 4.78 is 17.7. The smallest absolute Gasteiger partial charge is 0.229 e. The topological polar surface area (TPSA) is 92.8 Å². The first-order chi connectivity index (χ1) is 17.3. The molecule has 5 rings (SSSR count). The summed E-state index contributed by atoms with van der Waals surface area (Å²) in [6.07, 6.45) is 10.7. The molecular weight excluding hydrogens is 444 g/mol. The summed E-state index contributed by atoms with van der Waals surface area (Å²) in [6.45, 7) is 4.83. The molecule has 9 nitrogen and oxygen atoms in total. The Labute approximate surface area is 207 Å². The van der Waals surface area contributed by atoms with Gasteiger partial charge in [-0.25, -0.2) is 4.98 Å². The minimum atomic E-state index is 0.0150. The number of anilines is 3. The number of likely N-dealkylation sites (tertiary alicyclic amines) is 1. The highest BCUT2D eigenvalue weighted by molar-refractivity contribution is 5.60. The number of nitrogens with zero attached hydrogens (tertiary/aromatic N) is 3. The van der Waals surface area contributed by atoms with Gasteiger partial charge >= 0.3 is 0 Å². The van der Waals surface area contributed by atoms with Gasteiger partial charge in [-0.1, -0.05) is 12.8 Å². The number of hydrogen-bond donors (Lipinski definition) is 3. The van der Waals surface area contributed by atoms with Crippen molar-refractivity contribution in [1.29, 1.82) is 0 Å². The predicted octanol–water partition coefficient (Wildman–Crippen LogP) is 3.76. The van der Waals surface area contributed by atoms with Crippen LogP contribution in [0.3, 0.4) is 0 Å². The molecule has 2 aliphatic heterocycles. The zero-order valence-corrected chi connectivity index (χ0v) is 20.7. The van der Waals surface area contributed by atoms with Crippen molar-refractivity contribution >= 4 is 17.5 Å². The van der Waals surface area contributed by atoms with Crippen molar-refractivity contribution in [2.45, 2.75) is 63.3 Å². The Morgan fingerprint density at radius 1 is 1.11 bits per heavy atom. The summed E-state index contributed by atoms with van der Waals surface area (Å²) in [5.74, 6) is 2.72. The Hall–Kier alpha value is -2.62. The molecule has 3 atom stereocenters. The van der Waals surface area contributed by atoms with Gasteiger partial charge in [0.2, 0.25) is 5.95 Å². The molecule has 3 fully saturated rings. The molecule has 3 heterocycles. The minimum absolute atomic E-state index is 0.0150. The van der Waals surface area contributed by atoms with E-state index in [4.69, 9.17) is 14.2 Å². The number of ether oxygens (including phenoxy) is 3. The fourth-order valence-corrected chi connectivity index (χ4v) is 5.23. The van der Waals surface area contributed by atoms with Gasteiger partial charge in [0.05, 0.1) is 26.4 Å². The number of fused-ring (bicyclic) bond motifs is 1. The lowest BCUT2D eigenvalue weighted by atomic mass is 9.93. The van der Waals surface area contributed by atoms with Crippen molar-refractivity contribution < 1.29 is 14.2 Å². The highest BCUT2D eigenvalue weighted by Gasteiger charge is 2.35. The van der Waals surface area contributed by atoms with E-state index in [-0.39, 0.29) is 6.23 Å². The Bertz CT molecular complexity index is 940. The van der Waals surface area contributed by atoms with E-state index < -0.39 is 0 Å². The molecule has 2 saturated heterocycles. The van der Waals surface area contributed by atoms with Crippen LogP contribution in [0.15, 0.2) is 30.5 Å². The maximum atomic E-state index is 6.16. The molecule has 190 valence electrons. The van der Waals surface area contributed by atoms with Gasteiger partial charge in [-0.2, -0.15) is 4.98 Å². The Morgan fingerprint density at radius 2 is 2.00 bits per heavy atom. The first-order valence-corrected chi connectivity index (χ1v) is 13.1. The van der Waals surface area contributed by atoms with E-state index in [0.717, 1.165) is 42.4 Å². The van der Waals surface area contributed by atoms with E-state index in [1.807, 2.05) is 24.3 Å². The van der Waals surface area contributed by atoms with Crippen LogP contribution in [0, 0.1) is 0 Å². The summed E-state index contributed by atoms with van der Waals surface area (Å²) in [5, 5.41) is 10.3.